The molecule has 0 unspecified atom stereocenters. The van der Waals surface area contributed by atoms with E-state index in [1.807, 2.05) is 36.9 Å². The number of ether oxygens (including phenoxy) is 1. The largest absolute Gasteiger partial charge is 0.493 e. The summed E-state index contributed by atoms with van der Waals surface area (Å²) in [6.07, 6.45) is 2.06. The van der Waals surface area contributed by atoms with Crippen molar-refractivity contribution < 1.29 is 9.53 Å². The van der Waals surface area contributed by atoms with E-state index in [0.717, 1.165) is 30.9 Å². The lowest BCUT2D eigenvalue weighted by Crippen LogP contribution is -2.49. The highest BCUT2D eigenvalue weighted by Crippen LogP contribution is 2.29. The van der Waals surface area contributed by atoms with Crippen LogP contribution in [-0.4, -0.2) is 41.5 Å². The number of piperidine rings is 1. The zero-order valence-corrected chi connectivity index (χ0v) is 17.5. The fraction of sp³-hybridized carbons (Fsp3) is 0.455. The number of benzene rings is 1. The van der Waals surface area contributed by atoms with Crippen molar-refractivity contribution in [3.63, 3.8) is 0 Å². The normalized spacial score (nSPS) is 19.4. The number of aryl methyl sites for hydroxylation is 1. The summed E-state index contributed by atoms with van der Waals surface area (Å²) in [5.74, 6) is 1.86. The Hall–Kier alpha value is -2.27. The Morgan fingerprint density at radius 1 is 1.32 bits per heavy atom. The quantitative estimate of drug-likeness (QED) is 0.755. The van der Waals surface area contributed by atoms with Crippen LogP contribution >= 0.6 is 11.6 Å². The number of carbonyl (C=O) groups excluding carboxylic acids is 1. The molecule has 2 aromatic rings. The van der Waals surface area contributed by atoms with E-state index < -0.39 is 0 Å². The highest BCUT2D eigenvalue weighted by Gasteiger charge is 2.32. The molecular formula is C22H28ClN3O2. The molecule has 150 valence electrons. The molecule has 3 rings (SSSR count). The molecule has 6 heteroatoms. The number of amides is 1. The molecule has 0 bridgehead atoms. The SMILES string of the molecule is CCOc1ccc(Cl)cc1C(=O)N1C[C@@H](C)CC[C@H]1CNc1cccc(C)n1. The third-order valence-corrected chi connectivity index (χ3v) is 5.32. The summed E-state index contributed by atoms with van der Waals surface area (Å²) < 4.78 is 5.68. The summed E-state index contributed by atoms with van der Waals surface area (Å²) in [6.45, 7) is 7.96. The van der Waals surface area contributed by atoms with Gasteiger partial charge in [0, 0.05) is 29.8 Å². The van der Waals surface area contributed by atoms with Crippen molar-refractivity contribution in [1.29, 1.82) is 0 Å². The Balaban J connectivity index is 1.80. The van der Waals surface area contributed by atoms with Crippen LogP contribution in [0.25, 0.3) is 0 Å². The smallest absolute Gasteiger partial charge is 0.257 e. The van der Waals surface area contributed by atoms with Crippen LogP contribution in [0.15, 0.2) is 36.4 Å². The van der Waals surface area contributed by atoms with Crippen LogP contribution in [0.3, 0.4) is 0 Å². The molecule has 0 radical (unpaired) electrons. The summed E-state index contributed by atoms with van der Waals surface area (Å²) in [5.41, 5.74) is 1.50. The van der Waals surface area contributed by atoms with Crippen LogP contribution in [-0.2, 0) is 0 Å². The Morgan fingerprint density at radius 3 is 2.89 bits per heavy atom. The molecule has 0 saturated carbocycles. The number of hydrogen-bond acceptors (Lipinski definition) is 4. The van der Waals surface area contributed by atoms with Crippen molar-refractivity contribution in [2.75, 3.05) is 25.0 Å². The summed E-state index contributed by atoms with van der Waals surface area (Å²) >= 11 is 6.17. The van der Waals surface area contributed by atoms with Crippen LogP contribution in [0.5, 0.6) is 5.75 Å². The van der Waals surface area contributed by atoms with Gasteiger partial charge in [-0.05, 0) is 62.9 Å². The lowest BCUT2D eigenvalue weighted by atomic mass is 9.93. The molecule has 1 fully saturated rings. The second-order valence-electron chi connectivity index (χ2n) is 7.41. The fourth-order valence-electron chi connectivity index (χ4n) is 3.64. The number of rotatable bonds is 6. The number of hydrogen-bond donors (Lipinski definition) is 1. The minimum absolute atomic E-state index is 0.0264. The molecule has 2 atom stereocenters. The van der Waals surface area contributed by atoms with E-state index in [-0.39, 0.29) is 11.9 Å². The standard InChI is InChI=1S/C22H28ClN3O2/c1-4-28-20-11-9-17(23)12-19(20)22(27)26-14-15(2)8-10-18(26)13-24-21-7-5-6-16(3)25-21/h5-7,9,11-12,15,18H,4,8,10,13-14H2,1-3H3,(H,24,25)/t15-,18-/m0/s1. The van der Waals surface area contributed by atoms with E-state index in [1.165, 1.54) is 0 Å². The van der Waals surface area contributed by atoms with Gasteiger partial charge >= 0.3 is 0 Å². The van der Waals surface area contributed by atoms with Gasteiger partial charge in [-0.3, -0.25) is 4.79 Å². The number of nitrogens with one attached hydrogen (secondary N) is 1. The van der Waals surface area contributed by atoms with Crippen molar-refractivity contribution >= 4 is 23.3 Å². The second-order valence-corrected chi connectivity index (χ2v) is 7.85. The van der Waals surface area contributed by atoms with Gasteiger partial charge < -0.3 is 15.0 Å². The third kappa shape index (κ3) is 4.96. The summed E-state index contributed by atoms with van der Waals surface area (Å²) in [5, 5.41) is 3.93. The maximum absolute atomic E-state index is 13.4. The maximum atomic E-state index is 13.4. The number of pyridine rings is 1. The van der Waals surface area contributed by atoms with Gasteiger partial charge in [0.1, 0.15) is 11.6 Å². The van der Waals surface area contributed by atoms with Gasteiger partial charge in [-0.2, -0.15) is 0 Å². The van der Waals surface area contributed by atoms with Crippen LogP contribution in [0, 0.1) is 12.8 Å². The predicted octanol–water partition coefficient (Wildman–Crippen LogP) is 4.79. The van der Waals surface area contributed by atoms with Crippen LogP contribution in [0.1, 0.15) is 42.7 Å². The first-order chi connectivity index (χ1) is 13.5. The number of aromatic nitrogens is 1. The van der Waals surface area contributed by atoms with E-state index in [2.05, 4.69) is 17.2 Å². The maximum Gasteiger partial charge on any atom is 0.257 e. The molecule has 1 N–H and O–H groups in total. The Kier molecular flexibility index (Phi) is 6.79. The molecule has 1 saturated heterocycles. The lowest BCUT2D eigenvalue weighted by molar-refractivity contribution is 0.0561. The molecule has 2 heterocycles. The number of carbonyl (C=O) groups is 1. The zero-order chi connectivity index (χ0) is 20.1. The van der Waals surface area contributed by atoms with Crippen molar-refractivity contribution in [1.82, 2.24) is 9.88 Å². The van der Waals surface area contributed by atoms with Crippen LogP contribution in [0.2, 0.25) is 5.02 Å². The number of halogens is 1. The molecule has 1 aliphatic heterocycles. The minimum atomic E-state index is -0.0264. The summed E-state index contributed by atoms with van der Waals surface area (Å²) in [7, 11) is 0. The van der Waals surface area contributed by atoms with Crippen molar-refractivity contribution in [2.24, 2.45) is 5.92 Å². The van der Waals surface area contributed by atoms with Crippen LogP contribution < -0.4 is 10.1 Å². The number of anilines is 1. The predicted molar refractivity (Wildman–Crippen MR) is 113 cm³/mol. The first kappa shape index (κ1) is 20.5. The highest BCUT2D eigenvalue weighted by molar-refractivity contribution is 6.31. The van der Waals surface area contributed by atoms with Crippen molar-refractivity contribution in [2.45, 2.75) is 39.7 Å². The average molecular weight is 402 g/mol. The molecule has 0 spiro atoms. The monoisotopic (exact) mass is 401 g/mol. The van der Waals surface area contributed by atoms with Gasteiger partial charge in [0.2, 0.25) is 0 Å². The molecule has 28 heavy (non-hydrogen) atoms. The van der Waals surface area contributed by atoms with E-state index >= 15 is 0 Å². The van der Waals surface area contributed by atoms with Gasteiger partial charge in [0.05, 0.1) is 12.2 Å². The number of nitrogens with zero attached hydrogens (tertiary/aromatic N) is 2. The Labute approximate surface area is 172 Å². The third-order valence-electron chi connectivity index (χ3n) is 5.08. The van der Waals surface area contributed by atoms with Crippen LogP contribution in [0.4, 0.5) is 5.82 Å². The van der Waals surface area contributed by atoms with Crippen molar-refractivity contribution in [3.8, 4) is 5.75 Å². The van der Waals surface area contributed by atoms with E-state index in [4.69, 9.17) is 16.3 Å². The average Bonchev–Trinajstić information content (AvgIpc) is 2.68. The molecule has 1 aliphatic rings. The summed E-state index contributed by atoms with van der Waals surface area (Å²) in [6, 6.07) is 11.2. The molecule has 0 aliphatic carbocycles. The molecule has 5 nitrogen and oxygen atoms in total. The topological polar surface area (TPSA) is 54.5 Å². The van der Waals surface area contributed by atoms with Gasteiger partial charge in [-0.15, -0.1) is 0 Å². The van der Waals surface area contributed by atoms with Gasteiger partial charge in [0.25, 0.3) is 5.91 Å². The van der Waals surface area contributed by atoms with E-state index in [0.29, 0.717) is 35.4 Å². The molecule has 1 aromatic heterocycles. The van der Waals surface area contributed by atoms with Gasteiger partial charge in [0.15, 0.2) is 0 Å². The zero-order valence-electron chi connectivity index (χ0n) is 16.7. The fourth-order valence-corrected chi connectivity index (χ4v) is 3.81. The first-order valence-electron chi connectivity index (χ1n) is 9.88. The molecule has 1 amide bonds. The van der Waals surface area contributed by atoms with E-state index in [9.17, 15) is 4.79 Å². The van der Waals surface area contributed by atoms with Crippen molar-refractivity contribution in [3.05, 3.63) is 52.7 Å². The highest BCUT2D eigenvalue weighted by atomic mass is 35.5. The Bertz CT molecular complexity index is 827. The summed E-state index contributed by atoms with van der Waals surface area (Å²) in [4.78, 5) is 19.9. The van der Waals surface area contributed by atoms with E-state index in [1.54, 1.807) is 18.2 Å². The molecular weight excluding hydrogens is 374 g/mol. The molecule has 1 aromatic carbocycles. The second kappa shape index (κ2) is 9.28. The minimum Gasteiger partial charge on any atom is -0.493 e. The van der Waals surface area contributed by atoms with Gasteiger partial charge in [-0.1, -0.05) is 24.6 Å². The first-order valence-corrected chi connectivity index (χ1v) is 10.3. The number of likely N-dealkylation sites (tertiary alicyclic amines) is 1. The lowest BCUT2D eigenvalue weighted by Gasteiger charge is -2.39. The Morgan fingerprint density at radius 2 is 2.14 bits per heavy atom. The van der Waals surface area contributed by atoms with Gasteiger partial charge in [-0.25, -0.2) is 4.98 Å².